The molecule has 1 aliphatic rings. The van der Waals surface area contributed by atoms with Crippen LogP contribution >= 0.6 is 0 Å². The number of hydrogen-bond acceptors (Lipinski definition) is 4. The van der Waals surface area contributed by atoms with Crippen LogP contribution in [0.1, 0.15) is 30.0 Å². The van der Waals surface area contributed by atoms with Gasteiger partial charge in [0.15, 0.2) is 0 Å². The summed E-state index contributed by atoms with van der Waals surface area (Å²) >= 11 is 0. The standard InChI is InChI=1S/C15H20N4O/c20-12-14-3-1-13(2-4-14)11-18-8-5-15(6-9-18)19-10-7-16-17-19/h1-4,7,10,15,20H,5-6,8-9,11-12H2. The van der Waals surface area contributed by atoms with Gasteiger partial charge < -0.3 is 5.11 Å². The molecule has 0 atom stereocenters. The average molecular weight is 272 g/mol. The zero-order valence-electron chi connectivity index (χ0n) is 11.5. The average Bonchev–Trinajstić information content (AvgIpc) is 3.03. The number of benzene rings is 1. The van der Waals surface area contributed by atoms with Gasteiger partial charge in [0.25, 0.3) is 0 Å². The fourth-order valence-corrected chi connectivity index (χ4v) is 2.76. The van der Waals surface area contributed by atoms with Crippen molar-refractivity contribution in [2.75, 3.05) is 13.1 Å². The van der Waals surface area contributed by atoms with E-state index in [1.165, 1.54) is 5.56 Å². The molecule has 0 spiro atoms. The van der Waals surface area contributed by atoms with Crippen molar-refractivity contribution in [1.82, 2.24) is 19.9 Å². The molecular formula is C15H20N4O. The molecule has 1 saturated heterocycles. The molecule has 5 heteroatoms. The van der Waals surface area contributed by atoms with Gasteiger partial charge in [-0.3, -0.25) is 4.90 Å². The molecule has 1 aromatic heterocycles. The number of aliphatic hydroxyl groups is 1. The molecular weight excluding hydrogens is 252 g/mol. The number of piperidine rings is 1. The molecule has 2 heterocycles. The van der Waals surface area contributed by atoms with Crippen LogP contribution in [0.5, 0.6) is 0 Å². The van der Waals surface area contributed by atoms with Gasteiger partial charge in [0.05, 0.1) is 18.8 Å². The SMILES string of the molecule is OCc1ccc(CN2CCC(n3ccnn3)CC2)cc1. The lowest BCUT2D eigenvalue weighted by atomic mass is 10.0. The van der Waals surface area contributed by atoms with Crippen LogP contribution < -0.4 is 0 Å². The lowest BCUT2D eigenvalue weighted by Gasteiger charge is -2.31. The maximum Gasteiger partial charge on any atom is 0.0693 e. The second kappa shape index (κ2) is 6.15. The van der Waals surface area contributed by atoms with Gasteiger partial charge in [0, 0.05) is 25.8 Å². The topological polar surface area (TPSA) is 54.2 Å². The van der Waals surface area contributed by atoms with Crippen molar-refractivity contribution in [2.45, 2.75) is 32.0 Å². The molecule has 20 heavy (non-hydrogen) atoms. The molecule has 1 fully saturated rings. The highest BCUT2D eigenvalue weighted by molar-refractivity contribution is 5.21. The predicted octanol–water partition coefficient (Wildman–Crippen LogP) is 1.61. The molecule has 2 aromatic rings. The predicted molar refractivity (Wildman–Crippen MR) is 75.9 cm³/mol. The number of aromatic nitrogens is 3. The summed E-state index contributed by atoms with van der Waals surface area (Å²) in [7, 11) is 0. The van der Waals surface area contributed by atoms with Crippen LogP contribution in [-0.4, -0.2) is 38.1 Å². The van der Waals surface area contributed by atoms with E-state index in [0.29, 0.717) is 6.04 Å². The smallest absolute Gasteiger partial charge is 0.0693 e. The molecule has 5 nitrogen and oxygen atoms in total. The van der Waals surface area contributed by atoms with Crippen LogP contribution in [0.3, 0.4) is 0 Å². The first-order valence-electron chi connectivity index (χ1n) is 7.12. The Bertz CT molecular complexity index is 515. The van der Waals surface area contributed by atoms with Crippen LogP contribution in [-0.2, 0) is 13.2 Å². The number of hydrogen-bond donors (Lipinski definition) is 1. The Morgan fingerprint density at radius 3 is 2.40 bits per heavy atom. The van der Waals surface area contributed by atoms with Crippen molar-refractivity contribution < 1.29 is 5.11 Å². The normalized spacial score (nSPS) is 17.4. The molecule has 0 saturated carbocycles. The lowest BCUT2D eigenvalue weighted by Crippen LogP contribution is -2.34. The molecule has 1 aromatic carbocycles. The fourth-order valence-electron chi connectivity index (χ4n) is 2.76. The Kier molecular flexibility index (Phi) is 4.08. The molecule has 0 radical (unpaired) electrons. The Balaban J connectivity index is 1.53. The largest absolute Gasteiger partial charge is 0.392 e. The minimum atomic E-state index is 0.115. The van der Waals surface area contributed by atoms with E-state index in [1.54, 1.807) is 6.20 Å². The van der Waals surface area contributed by atoms with E-state index in [9.17, 15) is 0 Å². The Morgan fingerprint density at radius 2 is 1.80 bits per heavy atom. The van der Waals surface area contributed by atoms with Crippen molar-refractivity contribution >= 4 is 0 Å². The van der Waals surface area contributed by atoms with Gasteiger partial charge in [-0.15, -0.1) is 5.10 Å². The third kappa shape index (κ3) is 3.05. The summed E-state index contributed by atoms with van der Waals surface area (Å²) in [4.78, 5) is 2.47. The molecule has 3 rings (SSSR count). The van der Waals surface area contributed by atoms with E-state index in [1.807, 2.05) is 23.0 Å². The number of rotatable bonds is 4. The molecule has 0 bridgehead atoms. The third-order valence-electron chi connectivity index (χ3n) is 3.98. The zero-order chi connectivity index (χ0) is 13.8. The summed E-state index contributed by atoms with van der Waals surface area (Å²) < 4.78 is 1.98. The van der Waals surface area contributed by atoms with Crippen LogP contribution in [0.25, 0.3) is 0 Å². The molecule has 1 N–H and O–H groups in total. The molecule has 1 aliphatic heterocycles. The van der Waals surface area contributed by atoms with E-state index in [0.717, 1.165) is 38.0 Å². The van der Waals surface area contributed by atoms with Gasteiger partial charge in [-0.1, -0.05) is 29.5 Å². The highest BCUT2D eigenvalue weighted by atomic mass is 16.3. The van der Waals surface area contributed by atoms with E-state index in [4.69, 9.17) is 5.11 Å². The first-order valence-corrected chi connectivity index (χ1v) is 7.12. The Hall–Kier alpha value is -1.72. The highest BCUT2D eigenvalue weighted by Gasteiger charge is 2.20. The quantitative estimate of drug-likeness (QED) is 0.918. The first-order chi connectivity index (χ1) is 9.85. The van der Waals surface area contributed by atoms with Gasteiger partial charge in [-0.25, -0.2) is 4.68 Å². The van der Waals surface area contributed by atoms with Crippen molar-refractivity contribution in [2.24, 2.45) is 0 Å². The van der Waals surface area contributed by atoms with E-state index >= 15 is 0 Å². The monoisotopic (exact) mass is 272 g/mol. The summed E-state index contributed by atoms with van der Waals surface area (Å²) in [5.74, 6) is 0. The first kappa shape index (κ1) is 13.3. The maximum absolute atomic E-state index is 9.05. The molecule has 0 amide bonds. The number of likely N-dealkylation sites (tertiary alicyclic amines) is 1. The third-order valence-corrected chi connectivity index (χ3v) is 3.98. The van der Waals surface area contributed by atoms with Crippen molar-refractivity contribution in [3.8, 4) is 0 Å². The van der Waals surface area contributed by atoms with Gasteiger partial charge in [0.1, 0.15) is 0 Å². The van der Waals surface area contributed by atoms with Crippen LogP contribution in [0, 0.1) is 0 Å². The van der Waals surface area contributed by atoms with Gasteiger partial charge in [-0.05, 0) is 24.0 Å². The summed E-state index contributed by atoms with van der Waals surface area (Å²) in [5.41, 5.74) is 2.28. The highest BCUT2D eigenvalue weighted by Crippen LogP contribution is 2.22. The summed E-state index contributed by atoms with van der Waals surface area (Å²) in [6.45, 7) is 3.28. The second-order valence-corrected chi connectivity index (χ2v) is 5.36. The Morgan fingerprint density at radius 1 is 1.10 bits per heavy atom. The van der Waals surface area contributed by atoms with Crippen molar-refractivity contribution in [3.05, 3.63) is 47.8 Å². The number of aliphatic hydroxyl groups excluding tert-OH is 1. The van der Waals surface area contributed by atoms with Crippen LogP contribution in [0.2, 0.25) is 0 Å². The summed E-state index contributed by atoms with van der Waals surface area (Å²) in [5, 5.41) is 17.0. The number of nitrogens with zero attached hydrogens (tertiary/aromatic N) is 4. The lowest BCUT2D eigenvalue weighted by molar-refractivity contribution is 0.172. The van der Waals surface area contributed by atoms with Crippen LogP contribution in [0.15, 0.2) is 36.7 Å². The summed E-state index contributed by atoms with van der Waals surface area (Å²) in [6, 6.07) is 8.70. The van der Waals surface area contributed by atoms with E-state index in [-0.39, 0.29) is 6.61 Å². The zero-order valence-corrected chi connectivity index (χ0v) is 11.5. The maximum atomic E-state index is 9.05. The second-order valence-electron chi connectivity index (χ2n) is 5.36. The van der Waals surface area contributed by atoms with Gasteiger partial charge in [0.2, 0.25) is 0 Å². The minimum Gasteiger partial charge on any atom is -0.392 e. The molecule has 106 valence electrons. The Labute approximate surface area is 118 Å². The van der Waals surface area contributed by atoms with Crippen molar-refractivity contribution in [1.29, 1.82) is 0 Å². The minimum absolute atomic E-state index is 0.115. The van der Waals surface area contributed by atoms with E-state index in [2.05, 4.69) is 27.3 Å². The van der Waals surface area contributed by atoms with Gasteiger partial charge >= 0.3 is 0 Å². The van der Waals surface area contributed by atoms with E-state index < -0.39 is 0 Å². The fraction of sp³-hybridized carbons (Fsp3) is 0.467. The summed E-state index contributed by atoms with van der Waals surface area (Å²) in [6.07, 6.45) is 5.94. The van der Waals surface area contributed by atoms with Crippen LogP contribution in [0.4, 0.5) is 0 Å². The molecule has 0 unspecified atom stereocenters. The van der Waals surface area contributed by atoms with Gasteiger partial charge in [-0.2, -0.15) is 0 Å². The molecule has 0 aliphatic carbocycles. The van der Waals surface area contributed by atoms with Crippen molar-refractivity contribution in [3.63, 3.8) is 0 Å².